The van der Waals surface area contributed by atoms with Gasteiger partial charge < -0.3 is 10.4 Å². The zero-order valence-electron chi connectivity index (χ0n) is 8.03. The molecule has 1 heterocycles. The predicted octanol–water partition coefficient (Wildman–Crippen LogP) is -2.02. The summed E-state index contributed by atoms with van der Waals surface area (Å²) in [5, 5.41) is 10.9. The Bertz CT molecular complexity index is 392. The first kappa shape index (κ1) is 13.5. The Morgan fingerprint density at radius 1 is 1.50 bits per heavy atom. The number of carboxylic acids is 1. The van der Waals surface area contributed by atoms with Crippen LogP contribution >= 0.6 is 0 Å². The number of nitrogens with one attached hydrogen (secondary N) is 1. The minimum Gasteiger partial charge on any atom is -0.480 e. The third kappa shape index (κ3) is 4.14. The maximum atomic E-state index is 11.2. The summed E-state index contributed by atoms with van der Waals surface area (Å²) in [6, 6.07) is -0.780. The van der Waals surface area contributed by atoms with Gasteiger partial charge in [0.2, 0.25) is 0 Å². The maximum absolute atomic E-state index is 11.2. The second-order valence-corrected chi connectivity index (χ2v) is 6.09. The van der Waals surface area contributed by atoms with Gasteiger partial charge in [-0.15, -0.1) is 0 Å². The zero-order valence-corrected chi connectivity index (χ0v) is 9.66. The van der Waals surface area contributed by atoms with Gasteiger partial charge in [0.1, 0.15) is 6.10 Å². The SMILES string of the molecule is O=C(O)CNC1CS(=O)(=O)CC1OS(=O)O. The first-order chi connectivity index (χ1) is 7.30. The van der Waals surface area contributed by atoms with Crippen molar-refractivity contribution in [3.8, 4) is 0 Å². The van der Waals surface area contributed by atoms with Crippen molar-refractivity contribution in [2.75, 3.05) is 18.1 Å². The Kier molecular flexibility index (Phi) is 4.38. The summed E-state index contributed by atoms with van der Waals surface area (Å²) in [6.45, 7) is -0.432. The summed E-state index contributed by atoms with van der Waals surface area (Å²) in [7, 11) is -3.36. The lowest BCUT2D eigenvalue weighted by Gasteiger charge is -2.16. The van der Waals surface area contributed by atoms with Crippen LogP contribution in [0, 0.1) is 0 Å². The number of hydrogen-bond donors (Lipinski definition) is 3. The third-order valence-electron chi connectivity index (χ3n) is 2.02. The molecule has 3 unspecified atom stereocenters. The average molecular weight is 273 g/mol. The summed E-state index contributed by atoms with van der Waals surface area (Å²) < 4.78 is 45.8. The molecule has 3 N–H and O–H groups in total. The summed E-state index contributed by atoms with van der Waals surface area (Å²) in [6.07, 6.45) is -1.00. The van der Waals surface area contributed by atoms with E-state index < -0.39 is 51.6 Å². The molecule has 3 atom stereocenters. The fourth-order valence-electron chi connectivity index (χ4n) is 1.42. The van der Waals surface area contributed by atoms with Gasteiger partial charge in [-0.3, -0.25) is 13.5 Å². The van der Waals surface area contributed by atoms with Gasteiger partial charge in [0, 0.05) is 0 Å². The molecule has 0 aromatic heterocycles. The number of carboxylic acid groups (broad SMARTS) is 1. The molecule has 0 amide bonds. The molecule has 0 aliphatic carbocycles. The molecule has 0 saturated carbocycles. The average Bonchev–Trinajstić information content (AvgIpc) is 2.36. The molecule has 0 radical (unpaired) electrons. The normalized spacial score (nSPS) is 30.1. The van der Waals surface area contributed by atoms with Gasteiger partial charge in [0.25, 0.3) is 0 Å². The highest BCUT2D eigenvalue weighted by molar-refractivity contribution is 7.91. The predicted molar refractivity (Wildman–Crippen MR) is 53.7 cm³/mol. The van der Waals surface area contributed by atoms with Crippen LogP contribution in [0.15, 0.2) is 0 Å². The van der Waals surface area contributed by atoms with E-state index in [1.165, 1.54) is 0 Å². The molecule has 16 heavy (non-hydrogen) atoms. The van der Waals surface area contributed by atoms with Gasteiger partial charge in [-0.25, -0.2) is 8.42 Å². The van der Waals surface area contributed by atoms with E-state index in [1.54, 1.807) is 0 Å². The molecule has 10 heteroatoms. The molecule has 1 fully saturated rings. The number of hydrogen-bond acceptors (Lipinski definition) is 6. The molecule has 1 rings (SSSR count). The minimum atomic E-state index is -3.36. The molecular weight excluding hydrogens is 262 g/mol. The van der Waals surface area contributed by atoms with Crippen LogP contribution in [-0.4, -0.2) is 58.5 Å². The quantitative estimate of drug-likeness (QED) is 0.489. The first-order valence-electron chi connectivity index (χ1n) is 4.24. The van der Waals surface area contributed by atoms with Crippen LogP contribution in [0.5, 0.6) is 0 Å². The molecule has 1 saturated heterocycles. The molecule has 8 nitrogen and oxygen atoms in total. The van der Waals surface area contributed by atoms with E-state index in [0.717, 1.165) is 0 Å². The fourth-order valence-corrected chi connectivity index (χ4v) is 3.74. The topological polar surface area (TPSA) is 130 Å². The summed E-state index contributed by atoms with van der Waals surface area (Å²) >= 11 is -2.58. The van der Waals surface area contributed by atoms with Crippen LogP contribution in [0.1, 0.15) is 0 Å². The number of carbonyl (C=O) groups is 1. The van der Waals surface area contributed by atoms with Crippen LogP contribution in [0.4, 0.5) is 0 Å². The van der Waals surface area contributed by atoms with Crippen LogP contribution < -0.4 is 5.32 Å². The van der Waals surface area contributed by atoms with Gasteiger partial charge in [0.15, 0.2) is 9.84 Å². The van der Waals surface area contributed by atoms with E-state index in [9.17, 15) is 17.4 Å². The van der Waals surface area contributed by atoms with Crippen LogP contribution in [0.2, 0.25) is 0 Å². The van der Waals surface area contributed by atoms with Crippen molar-refractivity contribution >= 4 is 27.2 Å². The monoisotopic (exact) mass is 273 g/mol. The van der Waals surface area contributed by atoms with E-state index in [4.69, 9.17) is 9.66 Å². The van der Waals surface area contributed by atoms with Crippen molar-refractivity contribution in [2.24, 2.45) is 0 Å². The summed E-state index contributed by atoms with van der Waals surface area (Å²) in [5.41, 5.74) is 0. The minimum absolute atomic E-state index is 0.303. The number of sulfone groups is 1. The van der Waals surface area contributed by atoms with Crippen molar-refractivity contribution in [1.82, 2.24) is 5.32 Å². The Labute approximate surface area is 94.4 Å². The number of rotatable bonds is 5. The highest BCUT2D eigenvalue weighted by Gasteiger charge is 2.39. The molecule has 94 valence electrons. The summed E-state index contributed by atoms with van der Waals surface area (Å²) in [5.74, 6) is -1.84. The molecule has 0 bridgehead atoms. The van der Waals surface area contributed by atoms with Gasteiger partial charge in [-0.2, -0.15) is 4.21 Å². The van der Waals surface area contributed by atoms with Gasteiger partial charge in [0.05, 0.1) is 24.1 Å². The van der Waals surface area contributed by atoms with E-state index >= 15 is 0 Å². The van der Waals surface area contributed by atoms with Crippen molar-refractivity contribution in [1.29, 1.82) is 0 Å². The Morgan fingerprint density at radius 2 is 2.12 bits per heavy atom. The van der Waals surface area contributed by atoms with E-state index in [0.29, 0.717) is 0 Å². The van der Waals surface area contributed by atoms with Crippen LogP contribution in [0.3, 0.4) is 0 Å². The van der Waals surface area contributed by atoms with Gasteiger partial charge >= 0.3 is 17.3 Å². The Balaban J connectivity index is 2.64. The van der Waals surface area contributed by atoms with Gasteiger partial charge in [-0.05, 0) is 0 Å². The van der Waals surface area contributed by atoms with Crippen molar-refractivity contribution in [3.63, 3.8) is 0 Å². The third-order valence-corrected chi connectivity index (χ3v) is 4.14. The smallest absolute Gasteiger partial charge is 0.317 e. The van der Waals surface area contributed by atoms with Crippen molar-refractivity contribution < 1.29 is 31.3 Å². The molecule has 0 spiro atoms. The standard InChI is InChI=1S/C6H11NO7S2/c8-6(9)1-7-4-2-16(12,13)3-5(4)14-15(10)11/h4-5,7H,1-3H2,(H,8,9)(H,10,11). The van der Waals surface area contributed by atoms with E-state index in [-0.39, 0.29) is 5.75 Å². The second kappa shape index (κ2) is 5.19. The lowest BCUT2D eigenvalue weighted by molar-refractivity contribution is -0.136. The van der Waals surface area contributed by atoms with Crippen LogP contribution in [0.25, 0.3) is 0 Å². The highest BCUT2D eigenvalue weighted by Crippen LogP contribution is 2.16. The van der Waals surface area contributed by atoms with E-state index in [2.05, 4.69) is 9.50 Å². The second-order valence-electron chi connectivity index (χ2n) is 3.31. The van der Waals surface area contributed by atoms with Gasteiger partial charge in [-0.1, -0.05) is 0 Å². The lowest BCUT2D eigenvalue weighted by atomic mass is 10.2. The molecule has 1 aliphatic rings. The largest absolute Gasteiger partial charge is 0.480 e. The lowest BCUT2D eigenvalue weighted by Crippen LogP contribution is -2.43. The van der Waals surface area contributed by atoms with Crippen molar-refractivity contribution in [2.45, 2.75) is 12.1 Å². The molecule has 0 aromatic rings. The van der Waals surface area contributed by atoms with Crippen LogP contribution in [-0.2, 0) is 30.2 Å². The number of aliphatic carboxylic acids is 1. The Morgan fingerprint density at radius 3 is 2.62 bits per heavy atom. The Hall–Kier alpha value is -0.550. The molecular formula is C6H11NO7S2. The first-order valence-corrected chi connectivity index (χ1v) is 7.09. The fraction of sp³-hybridized carbons (Fsp3) is 0.833. The molecule has 1 aliphatic heterocycles. The van der Waals surface area contributed by atoms with E-state index in [1.807, 2.05) is 0 Å². The summed E-state index contributed by atoms with van der Waals surface area (Å²) in [4.78, 5) is 10.3. The maximum Gasteiger partial charge on any atom is 0.317 e. The molecule has 0 aromatic carbocycles. The highest BCUT2D eigenvalue weighted by atomic mass is 32.2. The zero-order chi connectivity index (χ0) is 12.3. The van der Waals surface area contributed by atoms with Crippen molar-refractivity contribution in [3.05, 3.63) is 0 Å².